The van der Waals surface area contributed by atoms with Crippen LogP contribution < -0.4 is 0 Å². The van der Waals surface area contributed by atoms with E-state index in [2.05, 4.69) is 11.8 Å². The lowest BCUT2D eigenvalue weighted by atomic mass is 10.0. The number of benzene rings is 2. The molecule has 0 heterocycles. The van der Waals surface area contributed by atoms with E-state index in [-0.39, 0.29) is 5.75 Å². The van der Waals surface area contributed by atoms with Gasteiger partial charge in [-0.1, -0.05) is 30.3 Å². The lowest BCUT2D eigenvalue weighted by Gasteiger charge is -2.02. The van der Waals surface area contributed by atoms with Crippen molar-refractivity contribution in [3.63, 3.8) is 0 Å². The molecule has 0 aliphatic heterocycles. The van der Waals surface area contributed by atoms with Crippen molar-refractivity contribution >= 4 is 10.8 Å². The fraction of sp³-hybridized carbons (Fsp3) is 0. The van der Waals surface area contributed by atoms with Crippen LogP contribution in [-0.4, -0.2) is 5.11 Å². The minimum atomic E-state index is 0.108. The fourth-order valence-corrected chi connectivity index (χ4v) is 1.48. The van der Waals surface area contributed by atoms with Gasteiger partial charge in [0, 0.05) is 11.3 Å². The minimum Gasteiger partial charge on any atom is -0.507 e. The molecule has 0 atom stereocenters. The van der Waals surface area contributed by atoms with Crippen LogP contribution in [0.1, 0.15) is 5.56 Å². The number of rotatable bonds is 0. The standard InChI is InChI=1S/C13H7NO/c14-9-3-6-12-11-5-2-1-4-10(11)7-8-13(12)15/h1-2,4-5,7-8,15H. The molecule has 2 aromatic rings. The first-order chi connectivity index (χ1) is 7.33. The van der Waals surface area contributed by atoms with E-state index in [0.717, 1.165) is 10.8 Å². The lowest BCUT2D eigenvalue weighted by molar-refractivity contribution is 0.474. The van der Waals surface area contributed by atoms with Crippen LogP contribution >= 0.6 is 0 Å². The molecule has 0 spiro atoms. The number of fused-ring (bicyclic) bond motifs is 1. The van der Waals surface area contributed by atoms with Crippen LogP contribution in [0.4, 0.5) is 0 Å². The first kappa shape index (κ1) is 9.12. The van der Waals surface area contributed by atoms with E-state index in [1.165, 1.54) is 0 Å². The van der Waals surface area contributed by atoms with Crippen LogP contribution in [0.15, 0.2) is 36.4 Å². The molecular weight excluding hydrogens is 186 g/mol. The average molecular weight is 193 g/mol. The maximum atomic E-state index is 9.62. The minimum absolute atomic E-state index is 0.108. The van der Waals surface area contributed by atoms with Crippen LogP contribution in [0.3, 0.4) is 0 Å². The Kier molecular flexibility index (Phi) is 2.27. The van der Waals surface area contributed by atoms with Crippen LogP contribution in [-0.2, 0) is 0 Å². The van der Waals surface area contributed by atoms with Crippen molar-refractivity contribution in [3.05, 3.63) is 42.0 Å². The van der Waals surface area contributed by atoms with Gasteiger partial charge in [-0.15, -0.1) is 0 Å². The summed E-state index contributed by atoms with van der Waals surface area (Å²) >= 11 is 0. The third kappa shape index (κ3) is 1.61. The van der Waals surface area contributed by atoms with Gasteiger partial charge in [-0.3, -0.25) is 0 Å². The molecule has 2 rings (SSSR count). The summed E-state index contributed by atoms with van der Waals surface area (Å²) in [6.45, 7) is 0. The normalized spacial score (nSPS) is 9.00. The molecule has 0 amide bonds. The van der Waals surface area contributed by atoms with Crippen molar-refractivity contribution < 1.29 is 5.11 Å². The van der Waals surface area contributed by atoms with E-state index < -0.39 is 0 Å². The summed E-state index contributed by atoms with van der Waals surface area (Å²) in [5.74, 6) is 5.05. The zero-order valence-electron chi connectivity index (χ0n) is 7.86. The van der Waals surface area contributed by atoms with Crippen LogP contribution in [0.25, 0.3) is 10.8 Å². The van der Waals surface area contributed by atoms with Gasteiger partial charge in [-0.25, -0.2) is 0 Å². The van der Waals surface area contributed by atoms with Crippen molar-refractivity contribution in [1.82, 2.24) is 0 Å². The van der Waals surface area contributed by atoms with Gasteiger partial charge >= 0.3 is 0 Å². The SMILES string of the molecule is N#CC#Cc1c(O)ccc2ccccc12. The molecule has 1 N–H and O–H groups in total. The highest BCUT2D eigenvalue weighted by molar-refractivity contribution is 5.90. The Labute approximate surface area is 87.4 Å². The molecule has 0 radical (unpaired) electrons. The molecule has 0 aromatic heterocycles. The van der Waals surface area contributed by atoms with Crippen molar-refractivity contribution in [2.24, 2.45) is 0 Å². The molecular formula is C13H7NO. The van der Waals surface area contributed by atoms with E-state index >= 15 is 0 Å². The first-order valence-electron chi connectivity index (χ1n) is 4.44. The van der Waals surface area contributed by atoms with Gasteiger partial charge in [-0.2, -0.15) is 5.26 Å². The van der Waals surface area contributed by atoms with Gasteiger partial charge in [0.1, 0.15) is 5.75 Å². The summed E-state index contributed by atoms with van der Waals surface area (Å²) in [5.41, 5.74) is 0.509. The molecule has 0 aliphatic rings. The Bertz CT molecular complexity index is 612. The summed E-state index contributed by atoms with van der Waals surface area (Å²) < 4.78 is 0. The Hall–Kier alpha value is -2.45. The molecule has 0 aliphatic carbocycles. The second-order valence-corrected chi connectivity index (χ2v) is 3.04. The number of nitriles is 1. The molecule has 2 aromatic carbocycles. The number of aromatic hydroxyl groups is 1. The van der Waals surface area contributed by atoms with E-state index in [1.54, 1.807) is 12.1 Å². The molecule has 0 saturated heterocycles. The molecule has 2 heteroatoms. The van der Waals surface area contributed by atoms with E-state index in [0.29, 0.717) is 5.56 Å². The molecule has 0 saturated carbocycles. The highest BCUT2D eigenvalue weighted by Gasteiger charge is 2.02. The highest BCUT2D eigenvalue weighted by atomic mass is 16.3. The van der Waals surface area contributed by atoms with E-state index in [1.807, 2.05) is 30.3 Å². The Morgan fingerprint density at radius 1 is 1.07 bits per heavy atom. The Balaban J connectivity index is 2.81. The van der Waals surface area contributed by atoms with Gasteiger partial charge < -0.3 is 5.11 Å². The number of phenolic OH excluding ortho intramolecular Hbond substituents is 1. The zero-order valence-corrected chi connectivity index (χ0v) is 7.86. The second kappa shape index (κ2) is 3.74. The lowest BCUT2D eigenvalue weighted by Crippen LogP contribution is -1.80. The van der Waals surface area contributed by atoms with Gasteiger partial charge in [0.25, 0.3) is 0 Å². The largest absolute Gasteiger partial charge is 0.507 e. The van der Waals surface area contributed by atoms with Crippen molar-refractivity contribution in [2.75, 3.05) is 0 Å². The summed E-state index contributed by atoms with van der Waals surface area (Å²) in [7, 11) is 0. The van der Waals surface area contributed by atoms with E-state index in [4.69, 9.17) is 5.26 Å². The topological polar surface area (TPSA) is 44.0 Å². The number of nitrogens with zero attached hydrogens (tertiary/aromatic N) is 1. The molecule has 15 heavy (non-hydrogen) atoms. The molecule has 70 valence electrons. The summed E-state index contributed by atoms with van der Waals surface area (Å²) in [6.07, 6.45) is 0. The van der Waals surface area contributed by atoms with Crippen LogP contribution in [0.2, 0.25) is 0 Å². The average Bonchev–Trinajstić information content (AvgIpc) is 2.28. The third-order valence-electron chi connectivity index (χ3n) is 2.15. The Morgan fingerprint density at radius 2 is 1.87 bits per heavy atom. The van der Waals surface area contributed by atoms with Crippen molar-refractivity contribution in [2.45, 2.75) is 0 Å². The van der Waals surface area contributed by atoms with Gasteiger partial charge in [0.05, 0.1) is 5.56 Å². The van der Waals surface area contributed by atoms with Crippen molar-refractivity contribution in [3.8, 4) is 23.7 Å². The first-order valence-corrected chi connectivity index (χ1v) is 4.44. The van der Waals surface area contributed by atoms with Gasteiger partial charge in [0.15, 0.2) is 6.07 Å². The van der Waals surface area contributed by atoms with Gasteiger partial charge in [0.2, 0.25) is 0 Å². The molecule has 0 bridgehead atoms. The molecule has 0 fully saturated rings. The number of hydrogen-bond acceptors (Lipinski definition) is 2. The monoisotopic (exact) mass is 193 g/mol. The smallest absolute Gasteiger partial charge is 0.152 e. The maximum absolute atomic E-state index is 9.62. The highest BCUT2D eigenvalue weighted by Crippen LogP contribution is 2.25. The maximum Gasteiger partial charge on any atom is 0.152 e. The molecule has 2 nitrogen and oxygen atoms in total. The quantitative estimate of drug-likeness (QED) is 0.653. The zero-order chi connectivity index (χ0) is 10.7. The number of phenols is 1. The third-order valence-corrected chi connectivity index (χ3v) is 2.15. The molecule has 0 unspecified atom stereocenters. The second-order valence-electron chi connectivity index (χ2n) is 3.04. The van der Waals surface area contributed by atoms with Crippen molar-refractivity contribution in [1.29, 1.82) is 5.26 Å². The predicted molar refractivity (Wildman–Crippen MR) is 58.1 cm³/mol. The summed E-state index contributed by atoms with van der Waals surface area (Å²) in [4.78, 5) is 0. The fourth-order valence-electron chi connectivity index (χ4n) is 1.48. The number of hydrogen-bond donors (Lipinski definition) is 1. The Morgan fingerprint density at radius 3 is 2.67 bits per heavy atom. The summed E-state index contributed by atoms with van der Waals surface area (Å²) in [5, 5.41) is 19.9. The van der Waals surface area contributed by atoms with Gasteiger partial charge in [-0.05, 0) is 17.4 Å². The van der Waals surface area contributed by atoms with Crippen LogP contribution in [0, 0.1) is 23.2 Å². The van der Waals surface area contributed by atoms with E-state index in [9.17, 15) is 5.11 Å². The summed E-state index contributed by atoms with van der Waals surface area (Å²) in [6, 6.07) is 12.7. The predicted octanol–water partition coefficient (Wildman–Crippen LogP) is 2.42. The van der Waals surface area contributed by atoms with Crippen LogP contribution in [0.5, 0.6) is 5.75 Å².